The number of hydrogen-bond donors (Lipinski definition) is 2. The maximum atomic E-state index is 11.7. The highest BCUT2D eigenvalue weighted by Crippen LogP contribution is 2.22. The molecule has 92 valence electrons. The van der Waals surface area contributed by atoms with E-state index in [1.165, 1.54) is 24.3 Å². The van der Waals surface area contributed by atoms with Crippen LogP contribution < -0.4 is 5.06 Å². The number of carboxylic acid groups (broad SMARTS) is 1. The van der Waals surface area contributed by atoms with Crippen LogP contribution in [-0.2, 0) is 4.79 Å². The normalized spacial score (nSPS) is 11.1. The topological polar surface area (TPSA) is 77.8 Å². The van der Waals surface area contributed by atoms with Crippen LogP contribution in [0.4, 0.5) is 5.69 Å². The van der Waals surface area contributed by atoms with E-state index < -0.39 is 17.3 Å². The summed E-state index contributed by atoms with van der Waals surface area (Å²) < 4.78 is 0. The Morgan fingerprint density at radius 2 is 1.59 bits per heavy atom. The first-order valence-corrected chi connectivity index (χ1v) is 5.10. The molecule has 17 heavy (non-hydrogen) atoms. The molecular formula is C12H15NO4. The second-order valence-corrected chi connectivity index (χ2v) is 4.72. The van der Waals surface area contributed by atoms with Crippen LogP contribution in [0.15, 0.2) is 24.3 Å². The molecule has 0 heterocycles. The molecule has 0 unspecified atom stereocenters. The highest BCUT2D eigenvalue weighted by Gasteiger charge is 2.27. The van der Waals surface area contributed by atoms with Crippen molar-refractivity contribution in [2.24, 2.45) is 5.41 Å². The summed E-state index contributed by atoms with van der Waals surface area (Å²) in [5.41, 5.74) is -0.361. The Labute approximate surface area is 99.2 Å². The first-order valence-electron chi connectivity index (χ1n) is 5.10. The number of amides is 1. The molecule has 0 saturated carbocycles. The smallest absolute Gasteiger partial charge is 0.335 e. The van der Waals surface area contributed by atoms with Crippen molar-refractivity contribution >= 4 is 17.6 Å². The number of carboxylic acids is 1. The van der Waals surface area contributed by atoms with Gasteiger partial charge >= 0.3 is 5.97 Å². The third-order valence-electron chi connectivity index (χ3n) is 2.19. The zero-order valence-electron chi connectivity index (χ0n) is 9.97. The Kier molecular flexibility index (Phi) is 3.53. The minimum absolute atomic E-state index is 0.102. The summed E-state index contributed by atoms with van der Waals surface area (Å²) in [5, 5.41) is 18.9. The number of rotatable bonds is 2. The second-order valence-electron chi connectivity index (χ2n) is 4.72. The van der Waals surface area contributed by atoms with Gasteiger partial charge in [-0.25, -0.2) is 4.79 Å². The van der Waals surface area contributed by atoms with Crippen LogP contribution >= 0.6 is 0 Å². The fraction of sp³-hybridized carbons (Fsp3) is 0.333. The molecule has 2 N–H and O–H groups in total. The van der Waals surface area contributed by atoms with Crippen molar-refractivity contribution in [1.29, 1.82) is 0 Å². The summed E-state index contributed by atoms with van der Waals surface area (Å²) in [5.74, 6) is -1.51. The van der Waals surface area contributed by atoms with Gasteiger partial charge in [-0.2, -0.15) is 5.06 Å². The molecule has 0 fully saturated rings. The number of hydroxylamine groups is 1. The zero-order chi connectivity index (χ0) is 13.2. The molecule has 1 aromatic rings. The Bertz CT molecular complexity index is 431. The van der Waals surface area contributed by atoms with E-state index in [1.54, 1.807) is 20.8 Å². The summed E-state index contributed by atoms with van der Waals surface area (Å²) in [4.78, 5) is 22.4. The number of carbonyl (C=O) groups is 2. The van der Waals surface area contributed by atoms with Gasteiger partial charge < -0.3 is 5.11 Å². The first kappa shape index (κ1) is 13.2. The fourth-order valence-electron chi connectivity index (χ4n) is 1.18. The number of aromatic carboxylic acids is 1. The van der Waals surface area contributed by atoms with Crippen LogP contribution in [0.5, 0.6) is 0 Å². The van der Waals surface area contributed by atoms with Crippen molar-refractivity contribution in [2.45, 2.75) is 20.8 Å². The predicted octanol–water partition coefficient (Wildman–Crippen LogP) is 2.15. The maximum Gasteiger partial charge on any atom is 0.335 e. The van der Waals surface area contributed by atoms with Gasteiger partial charge in [-0.3, -0.25) is 10.0 Å². The van der Waals surface area contributed by atoms with Crippen molar-refractivity contribution < 1.29 is 19.9 Å². The van der Waals surface area contributed by atoms with Gasteiger partial charge in [-0.1, -0.05) is 20.8 Å². The predicted molar refractivity (Wildman–Crippen MR) is 62.1 cm³/mol. The molecule has 0 spiro atoms. The Morgan fingerprint density at radius 1 is 1.12 bits per heavy atom. The molecule has 0 saturated heterocycles. The van der Waals surface area contributed by atoms with Gasteiger partial charge in [0.1, 0.15) is 0 Å². The highest BCUT2D eigenvalue weighted by atomic mass is 16.5. The Hall–Kier alpha value is -1.88. The standard InChI is InChI=1S/C12H15NO4/c1-12(2,3)11(16)13(17)9-6-4-8(5-7-9)10(14)15/h4-7,17H,1-3H3,(H,14,15). The molecule has 0 aromatic heterocycles. The summed E-state index contributed by atoms with van der Waals surface area (Å²) in [7, 11) is 0. The van der Waals surface area contributed by atoms with Gasteiger partial charge in [0.05, 0.1) is 11.3 Å². The van der Waals surface area contributed by atoms with E-state index in [0.29, 0.717) is 5.06 Å². The fourth-order valence-corrected chi connectivity index (χ4v) is 1.18. The minimum Gasteiger partial charge on any atom is -0.478 e. The van der Waals surface area contributed by atoms with Crippen LogP contribution in [-0.4, -0.2) is 22.2 Å². The van der Waals surface area contributed by atoms with Gasteiger partial charge in [-0.15, -0.1) is 0 Å². The lowest BCUT2D eigenvalue weighted by Crippen LogP contribution is -2.37. The second kappa shape index (κ2) is 4.55. The maximum absolute atomic E-state index is 11.7. The molecule has 5 heteroatoms. The van der Waals surface area contributed by atoms with E-state index in [-0.39, 0.29) is 11.3 Å². The quantitative estimate of drug-likeness (QED) is 0.610. The van der Waals surface area contributed by atoms with E-state index >= 15 is 0 Å². The van der Waals surface area contributed by atoms with E-state index in [2.05, 4.69) is 0 Å². The van der Waals surface area contributed by atoms with Gasteiger partial charge in [-0.05, 0) is 24.3 Å². The molecule has 1 rings (SSSR count). The monoisotopic (exact) mass is 237 g/mol. The Morgan fingerprint density at radius 3 is 1.94 bits per heavy atom. The van der Waals surface area contributed by atoms with Crippen LogP contribution in [0.3, 0.4) is 0 Å². The SMILES string of the molecule is CC(C)(C)C(=O)N(O)c1ccc(C(=O)O)cc1. The summed E-state index contributed by atoms with van der Waals surface area (Å²) in [6, 6.07) is 5.42. The third-order valence-corrected chi connectivity index (χ3v) is 2.19. The molecule has 0 atom stereocenters. The van der Waals surface area contributed by atoms with E-state index in [4.69, 9.17) is 5.11 Å². The third kappa shape index (κ3) is 3.04. The van der Waals surface area contributed by atoms with Crippen molar-refractivity contribution in [1.82, 2.24) is 0 Å². The lowest BCUT2D eigenvalue weighted by molar-refractivity contribution is -0.131. The molecule has 0 bridgehead atoms. The van der Waals surface area contributed by atoms with Crippen LogP contribution in [0.1, 0.15) is 31.1 Å². The molecule has 1 aromatic carbocycles. The minimum atomic E-state index is -1.05. The van der Waals surface area contributed by atoms with Gasteiger partial charge in [0.25, 0.3) is 5.91 Å². The lowest BCUT2D eigenvalue weighted by Gasteiger charge is -2.23. The molecular weight excluding hydrogens is 222 g/mol. The molecule has 0 aliphatic rings. The molecule has 0 aliphatic heterocycles. The number of anilines is 1. The van der Waals surface area contributed by atoms with Crippen molar-refractivity contribution in [3.63, 3.8) is 0 Å². The lowest BCUT2D eigenvalue weighted by atomic mass is 9.95. The van der Waals surface area contributed by atoms with Crippen molar-refractivity contribution in [3.05, 3.63) is 29.8 Å². The zero-order valence-corrected chi connectivity index (χ0v) is 9.97. The number of benzene rings is 1. The van der Waals surface area contributed by atoms with Gasteiger partial charge in [0.15, 0.2) is 0 Å². The number of nitrogens with zero attached hydrogens (tertiary/aromatic N) is 1. The van der Waals surface area contributed by atoms with Crippen LogP contribution in [0.2, 0.25) is 0 Å². The van der Waals surface area contributed by atoms with Gasteiger partial charge in [0, 0.05) is 5.41 Å². The Balaban J connectivity index is 2.94. The summed E-state index contributed by atoms with van der Waals surface area (Å²) in [6.07, 6.45) is 0. The van der Waals surface area contributed by atoms with Crippen LogP contribution in [0.25, 0.3) is 0 Å². The number of hydrogen-bond acceptors (Lipinski definition) is 3. The van der Waals surface area contributed by atoms with Gasteiger partial charge in [0.2, 0.25) is 0 Å². The van der Waals surface area contributed by atoms with E-state index in [0.717, 1.165) is 0 Å². The van der Waals surface area contributed by atoms with E-state index in [1.807, 2.05) is 0 Å². The average molecular weight is 237 g/mol. The van der Waals surface area contributed by atoms with E-state index in [9.17, 15) is 14.8 Å². The van der Waals surface area contributed by atoms with Crippen LogP contribution in [0, 0.1) is 5.41 Å². The molecule has 5 nitrogen and oxygen atoms in total. The van der Waals surface area contributed by atoms with Crippen molar-refractivity contribution in [3.8, 4) is 0 Å². The summed E-state index contributed by atoms with van der Waals surface area (Å²) in [6.45, 7) is 5.05. The first-order chi connectivity index (χ1) is 7.73. The molecule has 0 aliphatic carbocycles. The number of carbonyl (C=O) groups excluding carboxylic acids is 1. The highest BCUT2D eigenvalue weighted by molar-refractivity contribution is 5.95. The average Bonchev–Trinajstić information content (AvgIpc) is 2.26. The molecule has 1 amide bonds. The molecule has 0 radical (unpaired) electrons. The summed E-state index contributed by atoms with van der Waals surface area (Å²) >= 11 is 0. The largest absolute Gasteiger partial charge is 0.478 e. The van der Waals surface area contributed by atoms with Crippen molar-refractivity contribution in [2.75, 3.05) is 5.06 Å².